The van der Waals surface area contributed by atoms with E-state index in [1.165, 1.54) is 0 Å². The van der Waals surface area contributed by atoms with Gasteiger partial charge >= 0.3 is 11.9 Å². The first-order valence-electron chi connectivity index (χ1n) is 13.4. The molecule has 0 amide bonds. The van der Waals surface area contributed by atoms with Crippen LogP contribution >= 0.6 is 0 Å². The predicted octanol–water partition coefficient (Wildman–Crippen LogP) is 8.10. The SMILES string of the molecule is C=COC(=O)COc1c(-c2c(OCC(=O)OC=C)c3ccccc3c3ccccc23)c2ccccc2c2ccccc12. The van der Waals surface area contributed by atoms with Crippen LogP contribution in [0.2, 0.25) is 0 Å². The second-order valence-corrected chi connectivity index (χ2v) is 9.48. The number of carbonyl (C=O) groups is 2. The van der Waals surface area contributed by atoms with E-state index < -0.39 is 11.9 Å². The fraction of sp³-hybridized carbons (Fsp3) is 0.0556. The van der Waals surface area contributed by atoms with Gasteiger partial charge in [-0.15, -0.1) is 0 Å². The number of esters is 2. The van der Waals surface area contributed by atoms with Crippen molar-refractivity contribution in [2.75, 3.05) is 13.2 Å². The molecule has 0 bridgehead atoms. The van der Waals surface area contributed by atoms with Gasteiger partial charge in [-0.05, 0) is 32.3 Å². The number of carbonyl (C=O) groups excluding carboxylic acids is 2. The minimum absolute atomic E-state index is 0.339. The molecule has 0 aliphatic carbocycles. The molecule has 0 fully saturated rings. The number of benzene rings is 6. The molecule has 0 aliphatic heterocycles. The molecule has 6 rings (SSSR count). The van der Waals surface area contributed by atoms with E-state index in [9.17, 15) is 9.59 Å². The van der Waals surface area contributed by atoms with Crippen LogP contribution in [0.3, 0.4) is 0 Å². The number of hydrogen-bond acceptors (Lipinski definition) is 6. The smallest absolute Gasteiger partial charge is 0.348 e. The Morgan fingerprint density at radius 3 is 1.10 bits per heavy atom. The summed E-state index contributed by atoms with van der Waals surface area (Å²) in [6, 6.07) is 31.8. The quantitative estimate of drug-likeness (QED) is 0.102. The summed E-state index contributed by atoms with van der Waals surface area (Å²) in [6.07, 6.45) is 2.16. The molecule has 0 radical (unpaired) electrons. The van der Waals surface area contributed by atoms with Crippen molar-refractivity contribution in [2.24, 2.45) is 0 Å². The second-order valence-electron chi connectivity index (χ2n) is 9.48. The molecule has 0 heterocycles. The van der Waals surface area contributed by atoms with Crippen LogP contribution in [0.1, 0.15) is 0 Å². The van der Waals surface area contributed by atoms with Gasteiger partial charge in [0.25, 0.3) is 0 Å². The molecule has 6 aromatic carbocycles. The molecule has 0 saturated carbocycles. The lowest BCUT2D eigenvalue weighted by Gasteiger charge is -2.23. The summed E-state index contributed by atoms with van der Waals surface area (Å²) in [7, 11) is 0. The maximum absolute atomic E-state index is 12.5. The Balaban J connectivity index is 1.76. The summed E-state index contributed by atoms with van der Waals surface area (Å²) in [4.78, 5) is 24.9. The first-order valence-corrected chi connectivity index (χ1v) is 13.4. The number of hydrogen-bond donors (Lipinski definition) is 0. The molecule has 0 N–H and O–H groups in total. The van der Waals surface area contributed by atoms with Crippen molar-refractivity contribution in [3.8, 4) is 22.6 Å². The molecule has 0 unspecified atom stereocenters. The highest BCUT2D eigenvalue weighted by Crippen LogP contribution is 2.51. The fourth-order valence-corrected chi connectivity index (χ4v) is 5.53. The minimum Gasteiger partial charge on any atom is -0.481 e. The van der Waals surface area contributed by atoms with E-state index >= 15 is 0 Å². The lowest BCUT2D eigenvalue weighted by Crippen LogP contribution is -2.14. The number of fused-ring (bicyclic) bond motifs is 6. The van der Waals surface area contributed by atoms with Crippen LogP contribution in [-0.2, 0) is 19.1 Å². The van der Waals surface area contributed by atoms with Crippen LogP contribution in [0, 0.1) is 0 Å². The lowest BCUT2D eigenvalue weighted by atomic mass is 9.87. The molecule has 0 atom stereocenters. The molecular formula is C36H26O6. The van der Waals surface area contributed by atoms with Gasteiger partial charge in [-0.1, -0.05) is 110 Å². The van der Waals surface area contributed by atoms with Crippen LogP contribution in [0.25, 0.3) is 54.2 Å². The highest BCUT2D eigenvalue weighted by atomic mass is 16.6. The lowest BCUT2D eigenvalue weighted by molar-refractivity contribution is -0.141. The summed E-state index contributed by atoms with van der Waals surface area (Å²) >= 11 is 0. The van der Waals surface area contributed by atoms with Crippen molar-refractivity contribution in [2.45, 2.75) is 0 Å². The molecular weight excluding hydrogens is 528 g/mol. The first-order chi connectivity index (χ1) is 20.6. The zero-order valence-electron chi connectivity index (χ0n) is 22.7. The number of rotatable bonds is 9. The molecule has 0 spiro atoms. The Hall–Kier alpha value is -5.62. The van der Waals surface area contributed by atoms with Gasteiger partial charge in [0.2, 0.25) is 0 Å². The van der Waals surface area contributed by atoms with E-state index in [2.05, 4.69) is 25.3 Å². The Morgan fingerprint density at radius 1 is 0.476 bits per heavy atom. The van der Waals surface area contributed by atoms with Crippen LogP contribution in [0.4, 0.5) is 0 Å². The first kappa shape index (κ1) is 26.6. The molecule has 6 nitrogen and oxygen atoms in total. The Bertz CT molecular complexity index is 1880. The van der Waals surface area contributed by atoms with Gasteiger partial charge in [0, 0.05) is 21.9 Å². The maximum atomic E-state index is 12.5. The van der Waals surface area contributed by atoms with Crippen molar-refractivity contribution in [3.63, 3.8) is 0 Å². The van der Waals surface area contributed by atoms with Gasteiger partial charge in [-0.3, -0.25) is 0 Å². The molecule has 206 valence electrons. The third-order valence-corrected chi connectivity index (χ3v) is 7.12. The van der Waals surface area contributed by atoms with E-state index in [1.54, 1.807) is 0 Å². The van der Waals surface area contributed by atoms with Crippen molar-refractivity contribution < 1.29 is 28.5 Å². The van der Waals surface area contributed by atoms with Crippen molar-refractivity contribution in [1.29, 1.82) is 0 Å². The molecule has 0 aromatic heterocycles. The van der Waals surface area contributed by atoms with Gasteiger partial charge in [0.05, 0.1) is 12.5 Å². The van der Waals surface area contributed by atoms with Crippen LogP contribution in [0.5, 0.6) is 11.5 Å². The van der Waals surface area contributed by atoms with Gasteiger partial charge < -0.3 is 18.9 Å². The molecule has 0 saturated heterocycles. The van der Waals surface area contributed by atoms with E-state index in [1.807, 2.05) is 84.9 Å². The van der Waals surface area contributed by atoms with Crippen molar-refractivity contribution >= 4 is 55.0 Å². The molecule has 0 aliphatic rings. The third kappa shape index (κ3) is 4.69. The Kier molecular flexibility index (Phi) is 7.26. The minimum atomic E-state index is -0.583. The molecule has 6 aromatic rings. The van der Waals surface area contributed by atoms with E-state index in [0.717, 1.165) is 66.7 Å². The van der Waals surface area contributed by atoms with E-state index in [4.69, 9.17) is 18.9 Å². The molecule has 6 heteroatoms. The highest BCUT2D eigenvalue weighted by Gasteiger charge is 2.25. The monoisotopic (exact) mass is 554 g/mol. The normalized spacial score (nSPS) is 11.0. The molecule has 42 heavy (non-hydrogen) atoms. The summed E-state index contributed by atoms with van der Waals surface area (Å²) in [5.41, 5.74) is 1.45. The topological polar surface area (TPSA) is 71.1 Å². The largest absolute Gasteiger partial charge is 0.481 e. The highest BCUT2D eigenvalue weighted by molar-refractivity contribution is 6.25. The average molecular weight is 555 g/mol. The zero-order valence-corrected chi connectivity index (χ0v) is 22.7. The zero-order chi connectivity index (χ0) is 29.1. The van der Waals surface area contributed by atoms with Crippen LogP contribution in [-0.4, -0.2) is 25.2 Å². The van der Waals surface area contributed by atoms with Gasteiger partial charge in [-0.25, -0.2) is 9.59 Å². The van der Waals surface area contributed by atoms with Gasteiger partial charge in [0.1, 0.15) is 11.5 Å². The summed E-state index contributed by atoms with van der Waals surface area (Å²) in [6.45, 7) is 6.27. The number of ether oxygens (including phenoxy) is 4. The summed E-state index contributed by atoms with van der Waals surface area (Å²) < 4.78 is 22.6. The predicted molar refractivity (Wildman–Crippen MR) is 165 cm³/mol. The van der Waals surface area contributed by atoms with Crippen molar-refractivity contribution in [3.05, 3.63) is 123 Å². The van der Waals surface area contributed by atoms with E-state index in [0.29, 0.717) is 11.5 Å². The second kappa shape index (κ2) is 11.5. The van der Waals surface area contributed by atoms with Gasteiger partial charge in [-0.2, -0.15) is 0 Å². The standard InChI is InChI=1S/C36H26O6/c1-3-39-31(37)21-41-35-29-19-11-7-15-25(29)23-13-5-9-17-27(23)33(35)34-28-18-10-6-14-24(28)26-16-8-12-20-30(26)36(34)42-22-32(38)40-4-2/h3-20H,1-2,21-22H2. The average Bonchev–Trinajstić information content (AvgIpc) is 3.02. The Morgan fingerprint density at radius 2 is 0.762 bits per heavy atom. The van der Waals surface area contributed by atoms with Gasteiger partial charge in [0.15, 0.2) is 13.2 Å². The van der Waals surface area contributed by atoms with E-state index in [-0.39, 0.29) is 13.2 Å². The fourth-order valence-electron chi connectivity index (χ4n) is 5.53. The maximum Gasteiger partial charge on any atom is 0.348 e. The van der Waals surface area contributed by atoms with Crippen LogP contribution < -0.4 is 9.47 Å². The summed E-state index contributed by atoms with van der Waals surface area (Å²) in [5, 5.41) is 7.33. The third-order valence-electron chi connectivity index (χ3n) is 7.12. The van der Waals surface area contributed by atoms with Crippen molar-refractivity contribution in [1.82, 2.24) is 0 Å². The summed E-state index contributed by atoms with van der Waals surface area (Å²) in [5.74, 6) is -0.186. The van der Waals surface area contributed by atoms with Crippen LogP contribution in [0.15, 0.2) is 123 Å². The Labute approximate surface area is 242 Å².